The molecule has 0 fully saturated rings. The van der Waals surface area contributed by atoms with Gasteiger partial charge in [-0.2, -0.15) is 0 Å². The molecule has 41 heavy (non-hydrogen) atoms. The standard InChI is InChI=1S/C32H38BrNO7/c1-8-40-27-15-21(11-22(33)31(27)39-7)29-28(32(36)41-16-17(2)3)18(4)34-23-12-20(13-24(35)30(23)29)19-9-10-25(37-5)26(14-19)38-6/h9-11,14-15,17,20,29,34H,8,12-13,16H2,1-7H3/t20-,29+/m1/s1. The van der Waals surface area contributed by atoms with Crippen molar-refractivity contribution in [3.8, 4) is 23.0 Å². The van der Waals surface area contributed by atoms with Crippen molar-refractivity contribution in [2.45, 2.75) is 52.4 Å². The molecule has 2 aliphatic rings. The summed E-state index contributed by atoms with van der Waals surface area (Å²) in [5.74, 6) is 1.31. The third-order valence-electron chi connectivity index (χ3n) is 7.34. The first-order valence-electron chi connectivity index (χ1n) is 13.8. The molecule has 2 atom stereocenters. The Balaban J connectivity index is 1.83. The molecular formula is C32H38BrNO7. The zero-order valence-corrected chi connectivity index (χ0v) is 26.3. The van der Waals surface area contributed by atoms with Gasteiger partial charge in [-0.25, -0.2) is 4.79 Å². The average Bonchev–Trinajstić information content (AvgIpc) is 2.94. The highest BCUT2D eigenvalue weighted by Gasteiger charge is 2.42. The van der Waals surface area contributed by atoms with E-state index in [2.05, 4.69) is 21.2 Å². The van der Waals surface area contributed by atoms with E-state index in [1.165, 1.54) is 0 Å². The number of methoxy groups -OCH3 is 3. The molecule has 1 aliphatic carbocycles. The Morgan fingerprint density at radius 2 is 1.71 bits per heavy atom. The van der Waals surface area contributed by atoms with Gasteiger partial charge in [0.25, 0.3) is 0 Å². The van der Waals surface area contributed by atoms with Crippen molar-refractivity contribution in [2.24, 2.45) is 5.92 Å². The van der Waals surface area contributed by atoms with Gasteiger partial charge in [0, 0.05) is 29.3 Å². The first kappa shape index (κ1) is 30.5. The van der Waals surface area contributed by atoms with Crippen LogP contribution in [0.4, 0.5) is 0 Å². The van der Waals surface area contributed by atoms with Gasteiger partial charge in [-0.1, -0.05) is 19.9 Å². The van der Waals surface area contributed by atoms with Crippen molar-refractivity contribution in [3.63, 3.8) is 0 Å². The Bertz CT molecular complexity index is 1390. The molecular weight excluding hydrogens is 590 g/mol. The van der Waals surface area contributed by atoms with Crippen LogP contribution in [0.5, 0.6) is 23.0 Å². The number of hydrogen-bond acceptors (Lipinski definition) is 8. The number of Topliss-reactive ketones (excluding diaryl/α,β-unsaturated/α-hetero) is 1. The van der Waals surface area contributed by atoms with Crippen molar-refractivity contribution in [3.05, 3.63) is 68.5 Å². The molecule has 0 saturated heterocycles. The van der Waals surface area contributed by atoms with Crippen LogP contribution in [0.15, 0.2) is 57.3 Å². The fraction of sp³-hybridized carbons (Fsp3) is 0.438. The number of nitrogens with one attached hydrogen (secondary N) is 1. The van der Waals surface area contributed by atoms with E-state index < -0.39 is 11.9 Å². The molecule has 0 aromatic heterocycles. The molecule has 0 spiro atoms. The molecule has 2 aromatic carbocycles. The SMILES string of the molecule is CCOc1cc([C@H]2C(C(=O)OCC(C)C)=C(C)NC3=C2C(=O)C[C@H](c2ccc(OC)c(OC)c2)C3)cc(Br)c1OC. The summed E-state index contributed by atoms with van der Waals surface area (Å²) in [5.41, 5.74) is 4.17. The van der Waals surface area contributed by atoms with Crippen LogP contribution in [0.2, 0.25) is 0 Å². The summed E-state index contributed by atoms with van der Waals surface area (Å²) in [6.07, 6.45) is 0.879. The maximum absolute atomic E-state index is 14.0. The van der Waals surface area contributed by atoms with Crippen LogP contribution in [0.3, 0.4) is 0 Å². The first-order valence-corrected chi connectivity index (χ1v) is 14.6. The summed E-state index contributed by atoms with van der Waals surface area (Å²) in [7, 11) is 4.77. The lowest BCUT2D eigenvalue weighted by atomic mass is 9.71. The number of benzene rings is 2. The molecule has 0 unspecified atom stereocenters. The van der Waals surface area contributed by atoms with Gasteiger partial charge in [-0.3, -0.25) is 4.79 Å². The quantitative estimate of drug-likeness (QED) is 0.301. The number of halogens is 1. The zero-order valence-electron chi connectivity index (χ0n) is 24.7. The number of carbonyl (C=O) groups excluding carboxylic acids is 2. The molecule has 8 nitrogen and oxygen atoms in total. The molecule has 2 aromatic rings. The Labute approximate surface area is 250 Å². The van der Waals surface area contributed by atoms with E-state index in [9.17, 15) is 9.59 Å². The van der Waals surface area contributed by atoms with Gasteiger partial charge < -0.3 is 29.0 Å². The summed E-state index contributed by atoms with van der Waals surface area (Å²) in [4.78, 5) is 27.6. The molecule has 0 saturated carbocycles. The number of ether oxygens (including phenoxy) is 5. The van der Waals surface area contributed by atoms with Gasteiger partial charge in [-0.05, 0) is 83.4 Å². The van der Waals surface area contributed by atoms with Crippen molar-refractivity contribution >= 4 is 27.7 Å². The number of allylic oxidation sites excluding steroid dienone is 3. The Kier molecular flexibility index (Phi) is 9.68. The van der Waals surface area contributed by atoms with Crippen LogP contribution < -0.4 is 24.3 Å². The summed E-state index contributed by atoms with van der Waals surface area (Å²) < 4.78 is 28.7. The second-order valence-corrected chi connectivity index (χ2v) is 11.4. The molecule has 1 N–H and O–H groups in total. The lowest BCUT2D eigenvalue weighted by molar-refractivity contribution is -0.140. The van der Waals surface area contributed by atoms with Crippen molar-refractivity contribution in [2.75, 3.05) is 34.5 Å². The maximum Gasteiger partial charge on any atom is 0.336 e. The Morgan fingerprint density at radius 1 is 1.00 bits per heavy atom. The molecule has 0 radical (unpaired) electrons. The third kappa shape index (κ3) is 6.25. The van der Waals surface area contributed by atoms with Crippen molar-refractivity contribution in [1.82, 2.24) is 5.32 Å². The van der Waals surface area contributed by atoms with Crippen LogP contribution in [0, 0.1) is 5.92 Å². The fourth-order valence-electron chi connectivity index (χ4n) is 5.52. The largest absolute Gasteiger partial charge is 0.493 e. The van der Waals surface area contributed by atoms with E-state index in [1.807, 2.05) is 58.0 Å². The number of esters is 1. The Morgan fingerprint density at radius 3 is 2.34 bits per heavy atom. The second kappa shape index (κ2) is 13.0. The van der Waals surface area contributed by atoms with E-state index in [0.717, 1.165) is 16.8 Å². The topological polar surface area (TPSA) is 92.3 Å². The average molecular weight is 629 g/mol. The lowest BCUT2D eigenvalue weighted by Gasteiger charge is -2.37. The van der Waals surface area contributed by atoms with Gasteiger partial charge in [0.1, 0.15) is 0 Å². The lowest BCUT2D eigenvalue weighted by Crippen LogP contribution is -2.36. The number of ketones is 1. The predicted molar refractivity (Wildman–Crippen MR) is 160 cm³/mol. The molecule has 220 valence electrons. The van der Waals surface area contributed by atoms with Crippen LogP contribution >= 0.6 is 15.9 Å². The molecule has 0 amide bonds. The van der Waals surface area contributed by atoms with Crippen molar-refractivity contribution < 1.29 is 33.3 Å². The van der Waals surface area contributed by atoms with Crippen LogP contribution in [-0.2, 0) is 14.3 Å². The normalized spacial score (nSPS) is 18.6. The Hall–Kier alpha value is -3.46. The summed E-state index contributed by atoms with van der Waals surface area (Å²) >= 11 is 3.61. The highest BCUT2D eigenvalue weighted by Crippen LogP contribution is 2.49. The molecule has 9 heteroatoms. The molecule has 1 aliphatic heterocycles. The predicted octanol–water partition coefficient (Wildman–Crippen LogP) is 6.43. The van der Waals surface area contributed by atoms with Crippen LogP contribution in [0.25, 0.3) is 0 Å². The highest BCUT2D eigenvalue weighted by atomic mass is 79.9. The number of rotatable bonds is 10. The monoisotopic (exact) mass is 627 g/mol. The zero-order chi connectivity index (χ0) is 29.8. The molecule has 4 rings (SSSR count). The molecule has 1 heterocycles. The maximum atomic E-state index is 14.0. The minimum Gasteiger partial charge on any atom is -0.493 e. The van der Waals surface area contributed by atoms with Crippen molar-refractivity contribution in [1.29, 1.82) is 0 Å². The number of dihydropyridines is 1. The van der Waals surface area contributed by atoms with Gasteiger partial charge >= 0.3 is 5.97 Å². The fourth-order valence-corrected chi connectivity index (χ4v) is 6.14. The van der Waals surface area contributed by atoms with Crippen LogP contribution in [0.1, 0.15) is 63.5 Å². The minimum absolute atomic E-state index is 0.0323. The van der Waals surface area contributed by atoms with Gasteiger partial charge in [0.2, 0.25) is 0 Å². The second-order valence-electron chi connectivity index (χ2n) is 10.6. The van der Waals surface area contributed by atoms with Gasteiger partial charge in [0.15, 0.2) is 28.8 Å². The molecule has 0 bridgehead atoms. The summed E-state index contributed by atoms with van der Waals surface area (Å²) in [5, 5.41) is 3.41. The van der Waals surface area contributed by atoms with Gasteiger partial charge in [-0.15, -0.1) is 0 Å². The first-order chi connectivity index (χ1) is 19.6. The van der Waals surface area contributed by atoms with E-state index in [0.29, 0.717) is 57.3 Å². The van der Waals surface area contributed by atoms with E-state index in [-0.39, 0.29) is 30.6 Å². The third-order valence-corrected chi connectivity index (χ3v) is 7.93. The number of hydrogen-bond donors (Lipinski definition) is 1. The van der Waals surface area contributed by atoms with E-state index >= 15 is 0 Å². The minimum atomic E-state index is -0.633. The number of carbonyl (C=O) groups is 2. The highest BCUT2D eigenvalue weighted by molar-refractivity contribution is 9.10. The van der Waals surface area contributed by atoms with Crippen LogP contribution in [-0.4, -0.2) is 46.3 Å². The summed E-state index contributed by atoms with van der Waals surface area (Å²) in [6, 6.07) is 9.49. The summed E-state index contributed by atoms with van der Waals surface area (Å²) in [6.45, 7) is 8.42. The smallest absolute Gasteiger partial charge is 0.336 e. The van der Waals surface area contributed by atoms with E-state index in [1.54, 1.807) is 21.3 Å². The van der Waals surface area contributed by atoms with E-state index in [4.69, 9.17) is 23.7 Å². The van der Waals surface area contributed by atoms with Gasteiger partial charge in [0.05, 0.1) is 44.6 Å².